The van der Waals surface area contributed by atoms with Crippen molar-refractivity contribution in [3.8, 4) is 17.0 Å². The van der Waals surface area contributed by atoms with Crippen LogP contribution in [0.2, 0.25) is 0 Å². The summed E-state index contributed by atoms with van der Waals surface area (Å²) in [7, 11) is 1.49. The second-order valence-corrected chi connectivity index (χ2v) is 8.26. The number of anilines is 2. The number of rotatable bonds is 7. The van der Waals surface area contributed by atoms with Gasteiger partial charge in [0, 0.05) is 42.2 Å². The number of aromatic nitrogens is 2. The summed E-state index contributed by atoms with van der Waals surface area (Å²) >= 11 is 0.986. The topological polar surface area (TPSA) is 102 Å². The van der Waals surface area contributed by atoms with Crippen molar-refractivity contribution in [2.24, 2.45) is 0 Å². The fraction of sp³-hybridized carbons (Fsp3) is 0.125. The van der Waals surface area contributed by atoms with Gasteiger partial charge in [0.15, 0.2) is 0 Å². The second-order valence-electron chi connectivity index (χ2n) is 7.41. The number of ether oxygens (including phenoxy) is 1. The van der Waals surface area contributed by atoms with E-state index in [4.69, 9.17) is 10.5 Å². The number of benzene rings is 2. The molecule has 1 amide bonds. The summed E-state index contributed by atoms with van der Waals surface area (Å²) in [5.41, 5.74) is 9.63. The molecule has 10 heteroatoms. The SMILES string of the molecule is COc1ncc(-c2ccc3nc(N)c(CNC(C)=O)cc3c2)cc1NSc1ccc(F)cc1F. The molecule has 0 fully saturated rings. The van der Waals surface area contributed by atoms with Crippen LogP contribution in [-0.4, -0.2) is 23.0 Å². The first kappa shape index (κ1) is 23.2. The summed E-state index contributed by atoms with van der Waals surface area (Å²) in [6, 6.07) is 12.8. The first-order valence-corrected chi connectivity index (χ1v) is 11.0. The molecule has 0 saturated heterocycles. The summed E-state index contributed by atoms with van der Waals surface area (Å²) in [6.07, 6.45) is 1.66. The zero-order chi connectivity index (χ0) is 24.2. The number of nitrogens with one attached hydrogen (secondary N) is 2. The van der Waals surface area contributed by atoms with Crippen molar-refractivity contribution in [2.45, 2.75) is 18.4 Å². The third-order valence-corrected chi connectivity index (χ3v) is 5.87. The Bertz CT molecular complexity index is 1380. The molecule has 0 radical (unpaired) electrons. The van der Waals surface area contributed by atoms with Crippen LogP contribution in [0.5, 0.6) is 5.88 Å². The number of hydrogen-bond acceptors (Lipinski definition) is 7. The van der Waals surface area contributed by atoms with Gasteiger partial charge in [-0.1, -0.05) is 6.07 Å². The summed E-state index contributed by atoms with van der Waals surface area (Å²) in [5.74, 6) is -0.785. The van der Waals surface area contributed by atoms with Gasteiger partial charge in [-0.25, -0.2) is 18.7 Å². The first-order valence-electron chi connectivity index (χ1n) is 10.2. The number of nitrogens with two attached hydrogens (primary N) is 1. The molecule has 0 spiro atoms. The van der Waals surface area contributed by atoms with E-state index in [-0.39, 0.29) is 17.3 Å². The second kappa shape index (κ2) is 9.92. The monoisotopic (exact) mass is 481 g/mol. The van der Waals surface area contributed by atoms with Gasteiger partial charge in [-0.2, -0.15) is 0 Å². The maximum absolute atomic E-state index is 14.0. The zero-order valence-corrected chi connectivity index (χ0v) is 19.2. The number of carbonyl (C=O) groups is 1. The number of hydrogen-bond donors (Lipinski definition) is 3. The summed E-state index contributed by atoms with van der Waals surface area (Å²) < 4.78 is 35.5. The van der Waals surface area contributed by atoms with Crippen LogP contribution in [0, 0.1) is 11.6 Å². The minimum Gasteiger partial charge on any atom is -0.480 e. The molecule has 0 aliphatic rings. The Morgan fingerprint density at radius 1 is 1.12 bits per heavy atom. The van der Waals surface area contributed by atoms with Gasteiger partial charge in [-0.05, 0) is 53.9 Å². The van der Waals surface area contributed by atoms with Gasteiger partial charge in [0.05, 0.1) is 17.5 Å². The molecular weight excluding hydrogens is 460 g/mol. The molecule has 0 unspecified atom stereocenters. The average molecular weight is 482 g/mol. The number of halogens is 2. The molecule has 2 heterocycles. The summed E-state index contributed by atoms with van der Waals surface area (Å²) in [4.78, 5) is 20.3. The smallest absolute Gasteiger partial charge is 0.237 e. The number of amides is 1. The van der Waals surface area contributed by atoms with Crippen molar-refractivity contribution < 1.29 is 18.3 Å². The minimum atomic E-state index is -0.669. The third kappa shape index (κ3) is 5.18. The Hall–Kier alpha value is -3.92. The summed E-state index contributed by atoms with van der Waals surface area (Å²) in [6.45, 7) is 1.72. The number of nitrogens with zero attached hydrogens (tertiary/aromatic N) is 2. The minimum absolute atomic E-state index is 0.157. The fourth-order valence-corrected chi connectivity index (χ4v) is 3.95. The van der Waals surface area contributed by atoms with Crippen LogP contribution in [0.3, 0.4) is 0 Å². The van der Waals surface area contributed by atoms with E-state index in [0.29, 0.717) is 22.9 Å². The van der Waals surface area contributed by atoms with E-state index in [9.17, 15) is 13.6 Å². The van der Waals surface area contributed by atoms with Gasteiger partial charge in [0.25, 0.3) is 0 Å². The van der Waals surface area contributed by atoms with Crippen molar-refractivity contribution in [2.75, 3.05) is 17.6 Å². The molecule has 0 saturated carbocycles. The number of nitrogen functional groups attached to an aromatic ring is 1. The van der Waals surface area contributed by atoms with E-state index in [1.807, 2.05) is 30.3 Å². The lowest BCUT2D eigenvalue weighted by Crippen LogP contribution is -2.20. The van der Waals surface area contributed by atoms with Crippen LogP contribution in [0.25, 0.3) is 22.0 Å². The molecule has 0 aliphatic heterocycles. The molecule has 4 N–H and O–H groups in total. The van der Waals surface area contributed by atoms with E-state index >= 15 is 0 Å². The largest absolute Gasteiger partial charge is 0.480 e. The maximum atomic E-state index is 14.0. The predicted molar refractivity (Wildman–Crippen MR) is 129 cm³/mol. The Morgan fingerprint density at radius 2 is 1.94 bits per heavy atom. The molecule has 0 atom stereocenters. The van der Waals surface area contributed by atoms with E-state index in [0.717, 1.165) is 40.0 Å². The van der Waals surface area contributed by atoms with E-state index in [1.54, 1.807) is 6.20 Å². The molecule has 7 nitrogen and oxygen atoms in total. The molecule has 0 bridgehead atoms. The third-order valence-electron chi connectivity index (χ3n) is 5.00. The Kier molecular flexibility index (Phi) is 6.78. The van der Waals surface area contributed by atoms with Crippen LogP contribution >= 0.6 is 11.9 Å². The average Bonchev–Trinajstić information content (AvgIpc) is 2.81. The number of carbonyl (C=O) groups excluding carboxylic acids is 1. The molecule has 34 heavy (non-hydrogen) atoms. The molecule has 2 aromatic heterocycles. The Labute approximate surface area is 198 Å². The lowest BCUT2D eigenvalue weighted by molar-refractivity contribution is -0.119. The van der Waals surface area contributed by atoms with Crippen molar-refractivity contribution in [3.63, 3.8) is 0 Å². The highest BCUT2D eigenvalue weighted by Gasteiger charge is 2.12. The Morgan fingerprint density at radius 3 is 2.68 bits per heavy atom. The van der Waals surface area contributed by atoms with Crippen molar-refractivity contribution in [1.82, 2.24) is 15.3 Å². The standard InChI is InChI=1S/C24H21F2N5O2S/c1-13(32)28-12-17-8-15-7-14(3-5-20(15)30-23(17)27)16-9-21(24(33-2)29-11-16)31-34-22-6-4-18(25)10-19(22)26/h3-11,31H,12H2,1-2H3,(H2,27,30)(H,28,32). The van der Waals surface area contributed by atoms with E-state index < -0.39 is 11.6 Å². The van der Waals surface area contributed by atoms with Gasteiger partial charge in [-0.15, -0.1) is 0 Å². The van der Waals surface area contributed by atoms with Crippen molar-refractivity contribution in [3.05, 3.63) is 71.9 Å². The molecule has 0 aliphatic carbocycles. The molecule has 4 rings (SSSR count). The normalized spacial score (nSPS) is 10.8. The van der Waals surface area contributed by atoms with Crippen molar-refractivity contribution in [1.29, 1.82) is 0 Å². The van der Waals surface area contributed by atoms with Crippen molar-refractivity contribution >= 4 is 40.3 Å². The van der Waals surface area contributed by atoms with E-state index in [1.165, 1.54) is 26.2 Å². The van der Waals surface area contributed by atoms with Gasteiger partial charge in [0.1, 0.15) is 23.1 Å². The number of fused-ring (bicyclic) bond motifs is 1. The van der Waals surface area contributed by atoms with Gasteiger partial charge < -0.3 is 20.5 Å². The maximum Gasteiger partial charge on any atom is 0.237 e. The zero-order valence-electron chi connectivity index (χ0n) is 18.4. The highest BCUT2D eigenvalue weighted by atomic mass is 32.2. The first-order chi connectivity index (χ1) is 16.3. The number of pyridine rings is 2. The highest BCUT2D eigenvalue weighted by molar-refractivity contribution is 8.00. The molecule has 4 aromatic rings. The van der Waals surface area contributed by atoms with Crippen LogP contribution in [0.4, 0.5) is 20.3 Å². The fourth-order valence-electron chi connectivity index (χ4n) is 3.29. The highest BCUT2D eigenvalue weighted by Crippen LogP contribution is 2.33. The van der Waals surface area contributed by atoms with Gasteiger partial charge >= 0.3 is 0 Å². The Balaban J connectivity index is 1.64. The van der Waals surface area contributed by atoms with Crippen LogP contribution < -0.4 is 20.5 Å². The quantitative estimate of drug-likeness (QED) is 0.322. The molecule has 2 aromatic carbocycles. The van der Waals surface area contributed by atoms with Crippen LogP contribution in [0.1, 0.15) is 12.5 Å². The van der Waals surface area contributed by atoms with Gasteiger partial charge in [-0.3, -0.25) is 4.79 Å². The number of methoxy groups -OCH3 is 1. The summed E-state index contributed by atoms with van der Waals surface area (Å²) in [5, 5.41) is 3.57. The lowest BCUT2D eigenvalue weighted by atomic mass is 10.0. The van der Waals surface area contributed by atoms with Crippen LogP contribution in [0.15, 0.2) is 59.6 Å². The van der Waals surface area contributed by atoms with Crippen LogP contribution in [-0.2, 0) is 11.3 Å². The lowest BCUT2D eigenvalue weighted by Gasteiger charge is -2.13. The molecular formula is C24H21F2N5O2S. The van der Waals surface area contributed by atoms with E-state index in [2.05, 4.69) is 20.0 Å². The molecule has 174 valence electrons. The predicted octanol–water partition coefficient (Wildman–Crippen LogP) is 4.92. The van der Waals surface area contributed by atoms with Gasteiger partial charge in [0.2, 0.25) is 11.8 Å².